The van der Waals surface area contributed by atoms with E-state index in [2.05, 4.69) is 11.5 Å². The van der Waals surface area contributed by atoms with E-state index < -0.39 is 0 Å². The second kappa shape index (κ2) is 5.39. The van der Waals surface area contributed by atoms with Crippen molar-refractivity contribution in [2.45, 2.75) is 19.4 Å². The Balaban J connectivity index is 2.05. The van der Waals surface area contributed by atoms with E-state index in [-0.39, 0.29) is 22.8 Å². The molecule has 0 radical (unpaired) electrons. The normalized spacial score (nSPS) is 16.0. The molecule has 4 rings (SSSR count). The van der Waals surface area contributed by atoms with Crippen LogP contribution in [0.2, 0.25) is 0 Å². The number of aromatic nitrogens is 2. The molecule has 1 aliphatic heterocycles. The summed E-state index contributed by atoms with van der Waals surface area (Å²) in [6.45, 7) is 5.08. The largest absolute Gasteiger partial charge is 0.504 e. The highest BCUT2D eigenvalue weighted by Crippen LogP contribution is 2.45. The first kappa shape index (κ1) is 15.8. The lowest BCUT2D eigenvalue weighted by Gasteiger charge is -2.41. The summed E-state index contributed by atoms with van der Waals surface area (Å²) in [6.07, 6.45) is 0. The lowest BCUT2D eigenvalue weighted by molar-refractivity contribution is -0.0868. The number of methoxy groups -OCH3 is 1. The summed E-state index contributed by atoms with van der Waals surface area (Å²) >= 11 is 0. The number of hydrogen-bond acceptors (Lipinski definition) is 5. The first-order valence-electron chi connectivity index (χ1n) is 8.12. The predicted molar refractivity (Wildman–Crippen MR) is 94.3 cm³/mol. The Bertz CT molecular complexity index is 973. The number of nitrogens with zero attached hydrogens (tertiary/aromatic N) is 2. The van der Waals surface area contributed by atoms with E-state index in [9.17, 15) is 10.2 Å². The predicted octanol–water partition coefficient (Wildman–Crippen LogP) is 3.18. The Morgan fingerprint density at radius 2 is 1.92 bits per heavy atom. The van der Waals surface area contributed by atoms with Crippen LogP contribution in [0.4, 0.5) is 0 Å². The molecular formula is C19H20N2O4. The van der Waals surface area contributed by atoms with Gasteiger partial charge in [-0.25, -0.2) is 4.98 Å². The van der Waals surface area contributed by atoms with Crippen molar-refractivity contribution in [2.75, 3.05) is 20.3 Å². The summed E-state index contributed by atoms with van der Waals surface area (Å²) in [5, 5.41) is 20.4. The number of phenols is 2. The summed E-state index contributed by atoms with van der Waals surface area (Å²) in [4.78, 5) is 4.80. The van der Waals surface area contributed by atoms with Crippen LogP contribution in [-0.4, -0.2) is 40.1 Å². The van der Waals surface area contributed by atoms with Gasteiger partial charge in [-0.2, -0.15) is 0 Å². The van der Waals surface area contributed by atoms with Gasteiger partial charge in [-0.3, -0.25) is 0 Å². The van der Waals surface area contributed by atoms with Crippen molar-refractivity contribution in [2.24, 2.45) is 0 Å². The van der Waals surface area contributed by atoms with Crippen molar-refractivity contribution in [3.63, 3.8) is 0 Å². The second-order valence-corrected chi connectivity index (χ2v) is 6.70. The van der Waals surface area contributed by atoms with E-state index in [4.69, 9.17) is 14.5 Å². The maximum absolute atomic E-state index is 10.3. The van der Waals surface area contributed by atoms with Gasteiger partial charge >= 0.3 is 0 Å². The number of hydrogen-bond donors (Lipinski definition) is 2. The highest BCUT2D eigenvalue weighted by atomic mass is 16.5. The molecule has 0 saturated carbocycles. The molecule has 0 bridgehead atoms. The van der Waals surface area contributed by atoms with Gasteiger partial charge in [-0.05, 0) is 32.0 Å². The molecule has 2 aromatic carbocycles. The topological polar surface area (TPSA) is 76.7 Å². The number of aromatic hydroxyl groups is 2. The molecule has 3 aromatic rings. The number of imidazole rings is 1. The van der Waals surface area contributed by atoms with Gasteiger partial charge in [-0.15, -0.1) is 0 Å². The van der Waals surface area contributed by atoms with Crippen LogP contribution in [0.15, 0.2) is 30.3 Å². The summed E-state index contributed by atoms with van der Waals surface area (Å²) in [7, 11) is 1.46. The smallest absolute Gasteiger partial charge is 0.200 e. The molecule has 0 amide bonds. The maximum atomic E-state index is 10.3. The minimum absolute atomic E-state index is 0.192. The molecule has 130 valence electrons. The van der Waals surface area contributed by atoms with Gasteiger partial charge in [-0.1, -0.05) is 12.1 Å². The van der Waals surface area contributed by atoms with Crippen LogP contribution >= 0.6 is 0 Å². The van der Waals surface area contributed by atoms with Crippen LogP contribution in [0.1, 0.15) is 12.5 Å². The number of ether oxygens (including phenoxy) is 2. The summed E-state index contributed by atoms with van der Waals surface area (Å²) in [5.41, 5.74) is 2.94. The number of rotatable bonds is 3. The Kier molecular flexibility index (Phi) is 3.40. The first-order valence-corrected chi connectivity index (χ1v) is 8.12. The summed E-state index contributed by atoms with van der Waals surface area (Å²) < 4.78 is 12.8. The van der Waals surface area contributed by atoms with Crippen molar-refractivity contribution in [1.82, 2.24) is 9.55 Å². The van der Waals surface area contributed by atoms with Gasteiger partial charge in [0.05, 0.1) is 36.9 Å². The van der Waals surface area contributed by atoms with E-state index in [1.54, 1.807) is 13.0 Å². The molecule has 0 unspecified atom stereocenters. The molecule has 1 aromatic heterocycles. The molecule has 2 N–H and O–H groups in total. The quantitative estimate of drug-likeness (QED) is 0.716. The summed E-state index contributed by atoms with van der Waals surface area (Å²) in [6, 6.07) is 9.64. The molecule has 25 heavy (non-hydrogen) atoms. The Morgan fingerprint density at radius 1 is 1.20 bits per heavy atom. The third-order valence-corrected chi connectivity index (χ3v) is 4.88. The van der Waals surface area contributed by atoms with Gasteiger partial charge in [0.15, 0.2) is 11.5 Å². The maximum Gasteiger partial charge on any atom is 0.200 e. The zero-order valence-electron chi connectivity index (χ0n) is 14.4. The van der Waals surface area contributed by atoms with Crippen LogP contribution in [-0.2, 0) is 10.3 Å². The van der Waals surface area contributed by atoms with Crippen molar-refractivity contribution in [3.05, 3.63) is 35.9 Å². The SMILES string of the molecule is COc1cc(-c2nc3ccccc3n2C2(C)COC2)c(C)c(O)c1O. The lowest BCUT2D eigenvalue weighted by atomic mass is 9.98. The third kappa shape index (κ3) is 2.17. The fraction of sp³-hybridized carbons (Fsp3) is 0.316. The fourth-order valence-corrected chi connectivity index (χ4v) is 3.40. The average Bonchev–Trinajstić information content (AvgIpc) is 2.97. The molecule has 1 fully saturated rings. The van der Waals surface area contributed by atoms with Crippen LogP contribution in [0.3, 0.4) is 0 Å². The van der Waals surface area contributed by atoms with Gasteiger partial charge in [0.1, 0.15) is 5.82 Å². The number of benzene rings is 2. The fourth-order valence-electron chi connectivity index (χ4n) is 3.40. The highest BCUT2D eigenvalue weighted by Gasteiger charge is 2.39. The van der Waals surface area contributed by atoms with E-state index in [0.29, 0.717) is 18.8 Å². The van der Waals surface area contributed by atoms with Crippen molar-refractivity contribution in [1.29, 1.82) is 0 Å². The molecule has 1 saturated heterocycles. The van der Waals surface area contributed by atoms with Crippen molar-refractivity contribution >= 4 is 11.0 Å². The Labute approximate surface area is 145 Å². The molecular weight excluding hydrogens is 320 g/mol. The Morgan fingerprint density at radius 3 is 2.56 bits per heavy atom. The van der Waals surface area contributed by atoms with Gasteiger partial charge < -0.3 is 24.3 Å². The van der Waals surface area contributed by atoms with Crippen molar-refractivity contribution in [3.8, 4) is 28.6 Å². The first-order chi connectivity index (χ1) is 12.0. The second-order valence-electron chi connectivity index (χ2n) is 6.70. The molecule has 1 aliphatic rings. The number of para-hydroxylation sites is 2. The molecule has 0 spiro atoms. The highest BCUT2D eigenvalue weighted by molar-refractivity contribution is 5.83. The van der Waals surface area contributed by atoms with Crippen LogP contribution < -0.4 is 4.74 Å². The van der Waals surface area contributed by atoms with Crippen LogP contribution in [0.25, 0.3) is 22.4 Å². The number of fused-ring (bicyclic) bond motifs is 1. The van der Waals surface area contributed by atoms with Crippen LogP contribution in [0, 0.1) is 6.92 Å². The van der Waals surface area contributed by atoms with E-state index in [1.165, 1.54) is 7.11 Å². The molecule has 0 aliphatic carbocycles. The zero-order chi connectivity index (χ0) is 17.8. The van der Waals surface area contributed by atoms with E-state index in [1.807, 2.05) is 24.3 Å². The Hall–Kier alpha value is -2.73. The summed E-state index contributed by atoms with van der Waals surface area (Å²) in [5.74, 6) is 0.484. The minimum Gasteiger partial charge on any atom is -0.504 e. The molecule has 0 atom stereocenters. The average molecular weight is 340 g/mol. The molecule has 6 heteroatoms. The zero-order valence-corrected chi connectivity index (χ0v) is 14.4. The van der Waals surface area contributed by atoms with E-state index in [0.717, 1.165) is 22.4 Å². The van der Waals surface area contributed by atoms with E-state index >= 15 is 0 Å². The van der Waals surface area contributed by atoms with Gasteiger partial charge in [0.25, 0.3) is 0 Å². The van der Waals surface area contributed by atoms with Gasteiger partial charge in [0.2, 0.25) is 5.75 Å². The standard InChI is InChI=1S/C19H20N2O4/c1-11-12(8-15(24-3)17(23)16(11)22)18-20-13-6-4-5-7-14(13)21(18)19(2)9-25-10-19/h4-8,22-23H,9-10H2,1-3H3. The third-order valence-electron chi connectivity index (χ3n) is 4.88. The van der Waals surface area contributed by atoms with Crippen molar-refractivity contribution < 1.29 is 19.7 Å². The number of phenolic OH excluding ortho intramolecular Hbond substituents is 2. The van der Waals surface area contributed by atoms with Gasteiger partial charge in [0, 0.05) is 11.1 Å². The monoisotopic (exact) mass is 340 g/mol. The lowest BCUT2D eigenvalue weighted by Crippen LogP contribution is -2.49. The molecule has 2 heterocycles. The minimum atomic E-state index is -0.260. The molecule has 6 nitrogen and oxygen atoms in total. The van der Waals surface area contributed by atoms with Crippen LogP contribution in [0.5, 0.6) is 17.2 Å².